The van der Waals surface area contributed by atoms with Crippen molar-refractivity contribution in [2.75, 3.05) is 6.54 Å². The molecule has 1 aromatic rings. The molecule has 0 aromatic carbocycles. The molecule has 1 aromatic heterocycles. The van der Waals surface area contributed by atoms with E-state index in [1.165, 1.54) is 5.56 Å². The molecule has 0 aliphatic carbocycles. The summed E-state index contributed by atoms with van der Waals surface area (Å²) in [5.74, 6) is 0. The van der Waals surface area contributed by atoms with E-state index in [9.17, 15) is 0 Å². The first-order chi connectivity index (χ1) is 6.20. The normalized spacial score (nSPS) is 9.92. The van der Waals surface area contributed by atoms with Gasteiger partial charge in [-0.2, -0.15) is 5.10 Å². The Bertz CT molecular complexity index is 281. The predicted octanol–water partition coefficient (Wildman–Crippen LogP) is 0.484. The number of nitrogens with one attached hydrogen (secondary N) is 2. The molecule has 4 nitrogen and oxygen atoms in total. The quantitative estimate of drug-likeness (QED) is 0.486. The number of H-pyrrole nitrogens is 1. The van der Waals surface area contributed by atoms with Gasteiger partial charge in [-0.25, -0.2) is 0 Å². The van der Waals surface area contributed by atoms with Gasteiger partial charge in [0.05, 0.1) is 6.20 Å². The Hall–Kier alpha value is -1.10. The zero-order chi connectivity index (χ0) is 9.68. The molecule has 0 atom stereocenters. The summed E-state index contributed by atoms with van der Waals surface area (Å²) in [7, 11) is 0. The number of thiocarbonyl (C=S) groups is 1. The van der Waals surface area contributed by atoms with E-state index in [0.717, 1.165) is 25.1 Å². The molecular formula is C8H14N4S. The molecule has 0 saturated heterocycles. The molecule has 0 saturated carbocycles. The van der Waals surface area contributed by atoms with Crippen LogP contribution in [0.2, 0.25) is 0 Å². The van der Waals surface area contributed by atoms with Crippen LogP contribution < -0.4 is 11.1 Å². The summed E-state index contributed by atoms with van der Waals surface area (Å²) >= 11 is 4.68. The minimum atomic E-state index is 0.365. The lowest BCUT2D eigenvalue weighted by atomic mass is 10.1. The van der Waals surface area contributed by atoms with Crippen LogP contribution in [0.4, 0.5) is 0 Å². The van der Waals surface area contributed by atoms with Gasteiger partial charge in [-0.3, -0.25) is 5.10 Å². The molecule has 0 unspecified atom stereocenters. The van der Waals surface area contributed by atoms with Gasteiger partial charge in [-0.1, -0.05) is 0 Å². The van der Waals surface area contributed by atoms with Crippen molar-refractivity contribution in [1.82, 2.24) is 15.5 Å². The van der Waals surface area contributed by atoms with Crippen molar-refractivity contribution in [3.63, 3.8) is 0 Å². The maximum Gasteiger partial charge on any atom is 0.163 e. The second-order valence-electron chi connectivity index (χ2n) is 2.91. The highest BCUT2D eigenvalue weighted by Crippen LogP contribution is 2.04. The average Bonchev–Trinajstić information content (AvgIpc) is 2.45. The SMILES string of the molecule is Cc1[nH]ncc1CCCNC(N)=S. The second kappa shape index (κ2) is 4.81. The van der Waals surface area contributed by atoms with Crippen molar-refractivity contribution >= 4 is 17.3 Å². The van der Waals surface area contributed by atoms with Gasteiger partial charge in [-0.15, -0.1) is 0 Å². The van der Waals surface area contributed by atoms with Crippen LogP contribution in [0.1, 0.15) is 17.7 Å². The molecule has 72 valence electrons. The van der Waals surface area contributed by atoms with Crippen LogP contribution in [0.3, 0.4) is 0 Å². The van der Waals surface area contributed by atoms with Crippen molar-refractivity contribution in [3.05, 3.63) is 17.5 Å². The van der Waals surface area contributed by atoms with E-state index in [2.05, 4.69) is 27.7 Å². The van der Waals surface area contributed by atoms with Crippen molar-refractivity contribution < 1.29 is 0 Å². The third-order valence-electron chi connectivity index (χ3n) is 1.86. The molecule has 5 heteroatoms. The fourth-order valence-electron chi connectivity index (χ4n) is 1.12. The smallest absolute Gasteiger partial charge is 0.163 e. The molecular weight excluding hydrogens is 184 g/mol. The number of hydrogen-bond donors (Lipinski definition) is 3. The van der Waals surface area contributed by atoms with E-state index in [0.29, 0.717) is 5.11 Å². The summed E-state index contributed by atoms with van der Waals surface area (Å²) in [4.78, 5) is 0. The molecule has 4 N–H and O–H groups in total. The van der Waals surface area contributed by atoms with Gasteiger partial charge in [-0.05, 0) is 37.5 Å². The first-order valence-electron chi connectivity index (χ1n) is 4.22. The largest absolute Gasteiger partial charge is 0.376 e. The predicted molar refractivity (Wildman–Crippen MR) is 56.4 cm³/mol. The number of nitrogens with two attached hydrogens (primary N) is 1. The van der Waals surface area contributed by atoms with Crippen molar-refractivity contribution in [2.24, 2.45) is 5.73 Å². The zero-order valence-electron chi connectivity index (χ0n) is 7.63. The maximum absolute atomic E-state index is 5.28. The monoisotopic (exact) mass is 198 g/mol. The van der Waals surface area contributed by atoms with E-state index in [1.54, 1.807) is 0 Å². The van der Waals surface area contributed by atoms with Gasteiger partial charge in [0.25, 0.3) is 0 Å². The Morgan fingerprint density at radius 2 is 2.54 bits per heavy atom. The summed E-state index contributed by atoms with van der Waals surface area (Å²) in [5.41, 5.74) is 7.67. The van der Waals surface area contributed by atoms with E-state index >= 15 is 0 Å². The van der Waals surface area contributed by atoms with Crippen LogP contribution in [-0.2, 0) is 6.42 Å². The Kier molecular flexibility index (Phi) is 3.70. The van der Waals surface area contributed by atoms with E-state index in [-0.39, 0.29) is 0 Å². The standard InChI is InChI=1S/C8H14N4S/c1-6-7(5-11-12-6)3-2-4-10-8(9)13/h5H,2-4H2,1H3,(H,11,12)(H3,9,10,13). The molecule has 0 radical (unpaired) electrons. The van der Waals surface area contributed by atoms with E-state index in [1.807, 2.05) is 13.1 Å². The number of rotatable bonds is 4. The molecule has 0 fully saturated rings. The number of hydrogen-bond acceptors (Lipinski definition) is 2. The first kappa shape index (κ1) is 9.98. The van der Waals surface area contributed by atoms with Crippen LogP contribution in [0.15, 0.2) is 6.20 Å². The summed E-state index contributed by atoms with van der Waals surface area (Å²) in [6.45, 7) is 2.84. The molecule has 0 amide bonds. The van der Waals surface area contributed by atoms with Gasteiger partial charge in [0.15, 0.2) is 5.11 Å². The van der Waals surface area contributed by atoms with Gasteiger partial charge in [0.2, 0.25) is 0 Å². The lowest BCUT2D eigenvalue weighted by Gasteiger charge is -2.02. The maximum atomic E-state index is 5.28. The Balaban J connectivity index is 2.20. The van der Waals surface area contributed by atoms with Gasteiger partial charge in [0, 0.05) is 12.2 Å². The fourth-order valence-corrected chi connectivity index (χ4v) is 1.22. The Morgan fingerprint density at radius 1 is 1.77 bits per heavy atom. The van der Waals surface area contributed by atoms with Crippen LogP contribution in [-0.4, -0.2) is 21.9 Å². The molecule has 1 rings (SSSR count). The molecule has 1 heterocycles. The minimum Gasteiger partial charge on any atom is -0.376 e. The van der Waals surface area contributed by atoms with Crippen molar-refractivity contribution in [2.45, 2.75) is 19.8 Å². The zero-order valence-corrected chi connectivity index (χ0v) is 8.45. The Labute approximate surface area is 82.9 Å². The Morgan fingerprint density at radius 3 is 3.08 bits per heavy atom. The van der Waals surface area contributed by atoms with E-state index in [4.69, 9.17) is 5.73 Å². The minimum absolute atomic E-state index is 0.365. The van der Waals surface area contributed by atoms with E-state index < -0.39 is 0 Å². The first-order valence-corrected chi connectivity index (χ1v) is 4.63. The highest BCUT2D eigenvalue weighted by Gasteiger charge is 1.98. The highest BCUT2D eigenvalue weighted by atomic mass is 32.1. The topological polar surface area (TPSA) is 66.7 Å². The van der Waals surface area contributed by atoms with Gasteiger partial charge in [0.1, 0.15) is 0 Å². The van der Waals surface area contributed by atoms with Gasteiger partial charge >= 0.3 is 0 Å². The van der Waals surface area contributed by atoms with Crippen molar-refractivity contribution in [3.8, 4) is 0 Å². The lowest BCUT2D eigenvalue weighted by Crippen LogP contribution is -2.29. The third kappa shape index (κ3) is 3.42. The second-order valence-corrected chi connectivity index (χ2v) is 3.35. The van der Waals surface area contributed by atoms with Crippen LogP contribution in [0, 0.1) is 6.92 Å². The molecule has 13 heavy (non-hydrogen) atoms. The van der Waals surface area contributed by atoms with Crippen LogP contribution in [0.25, 0.3) is 0 Å². The number of aryl methyl sites for hydroxylation is 2. The molecule has 0 aliphatic rings. The number of aromatic amines is 1. The van der Waals surface area contributed by atoms with Gasteiger partial charge < -0.3 is 11.1 Å². The summed E-state index contributed by atoms with van der Waals surface area (Å²) < 4.78 is 0. The number of aromatic nitrogens is 2. The molecule has 0 aliphatic heterocycles. The third-order valence-corrected chi connectivity index (χ3v) is 2.00. The summed E-state index contributed by atoms with van der Waals surface area (Å²) in [6.07, 6.45) is 3.87. The van der Waals surface area contributed by atoms with Crippen molar-refractivity contribution in [1.29, 1.82) is 0 Å². The number of nitrogens with zero attached hydrogens (tertiary/aromatic N) is 1. The summed E-state index contributed by atoms with van der Waals surface area (Å²) in [6, 6.07) is 0. The highest BCUT2D eigenvalue weighted by molar-refractivity contribution is 7.80. The van der Waals surface area contributed by atoms with Crippen LogP contribution in [0.5, 0.6) is 0 Å². The average molecular weight is 198 g/mol. The summed E-state index contributed by atoms with van der Waals surface area (Å²) in [5, 5.41) is 10.1. The lowest BCUT2D eigenvalue weighted by molar-refractivity contribution is 0.772. The fraction of sp³-hybridized carbons (Fsp3) is 0.500. The van der Waals surface area contributed by atoms with Crippen LogP contribution >= 0.6 is 12.2 Å². The molecule has 0 bridgehead atoms. The molecule has 0 spiro atoms.